The summed E-state index contributed by atoms with van der Waals surface area (Å²) in [6, 6.07) is 13.8. The Balaban J connectivity index is 1.53. The molecule has 1 unspecified atom stereocenters. The van der Waals surface area contributed by atoms with Gasteiger partial charge in [0, 0.05) is 29.8 Å². The topological polar surface area (TPSA) is 94.4 Å². The van der Waals surface area contributed by atoms with Crippen molar-refractivity contribution in [2.45, 2.75) is 23.6 Å². The van der Waals surface area contributed by atoms with Crippen LogP contribution in [0.1, 0.15) is 12.5 Å². The quantitative estimate of drug-likeness (QED) is 0.318. The molecule has 0 saturated heterocycles. The van der Waals surface area contributed by atoms with Crippen molar-refractivity contribution in [2.75, 3.05) is 0 Å². The van der Waals surface area contributed by atoms with Gasteiger partial charge in [-0.05, 0) is 48.9 Å². The van der Waals surface area contributed by atoms with Crippen LogP contribution in [-0.4, -0.2) is 21.1 Å². The molecule has 0 radical (unpaired) electrons. The first-order chi connectivity index (χ1) is 14.4. The number of benzene rings is 2. The van der Waals surface area contributed by atoms with Gasteiger partial charge in [-0.15, -0.1) is 11.8 Å². The molecule has 0 bridgehead atoms. The summed E-state index contributed by atoms with van der Waals surface area (Å²) in [4.78, 5) is 27.2. The van der Waals surface area contributed by atoms with Gasteiger partial charge in [0.2, 0.25) is 5.91 Å². The molecule has 0 aliphatic carbocycles. The van der Waals surface area contributed by atoms with E-state index in [0.29, 0.717) is 11.3 Å². The number of nitro benzene ring substituents is 1. The summed E-state index contributed by atoms with van der Waals surface area (Å²) in [6.07, 6.45) is 3.08. The first-order valence-corrected chi connectivity index (χ1v) is 9.85. The molecule has 1 atom stereocenters. The molecule has 0 spiro atoms. The molecule has 30 heavy (non-hydrogen) atoms. The van der Waals surface area contributed by atoms with Gasteiger partial charge in [0.25, 0.3) is 5.69 Å². The first-order valence-electron chi connectivity index (χ1n) is 8.97. The van der Waals surface area contributed by atoms with E-state index in [2.05, 4.69) is 10.3 Å². The van der Waals surface area contributed by atoms with E-state index in [0.717, 1.165) is 4.90 Å². The number of pyridine rings is 1. The molecule has 0 aliphatic heterocycles. The highest BCUT2D eigenvalue weighted by Crippen LogP contribution is 2.26. The number of aromatic nitrogens is 1. The minimum atomic E-state index is -0.543. The largest absolute Gasteiger partial charge is 0.453 e. The van der Waals surface area contributed by atoms with Gasteiger partial charge in [-0.1, -0.05) is 6.07 Å². The molecule has 154 valence electrons. The van der Waals surface area contributed by atoms with Crippen LogP contribution in [0, 0.1) is 15.9 Å². The van der Waals surface area contributed by atoms with Crippen molar-refractivity contribution < 1.29 is 18.8 Å². The van der Waals surface area contributed by atoms with E-state index in [1.807, 2.05) is 0 Å². The second-order valence-corrected chi connectivity index (χ2v) is 7.70. The summed E-state index contributed by atoms with van der Waals surface area (Å²) in [7, 11) is 0. The maximum absolute atomic E-state index is 14.3. The van der Waals surface area contributed by atoms with E-state index < -0.39 is 16.0 Å². The molecule has 1 amide bonds. The molecule has 0 aliphatic rings. The van der Waals surface area contributed by atoms with Crippen LogP contribution in [0.4, 0.5) is 10.1 Å². The number of carbonyl (C=O) groups is 1. The number of amides is 1. The first kappa shape index (κ1) is 21.3. The Kier molecular flexibility index (Phi) is 6.97. The average molecular weight is 427 g/mol. The van der Waals surface area contributed by atoms with Crippen LogP contribution in [0.15, 0.2) is 71.9 Å². The van der Waals surface area contributed by atoms with Crippen LogP contribution in [0.25, 0.3) is 0 Å². The predicted molar refractivity (Wildman–Crippen MR) is 111 cm³/mol. The van der Waals surface area contributed by atoms with Crippen LogP contribution in [-0.2, 0) is 11.3 Å². The van der Waals surface area contributed by atoms with Gasteiger partial charge in [0.15, 0.2) is 11.6 Å². The van der Waals surface area contributed by atoms with Crippen molar-refractivity contribution in [1.29, 1.82) is 0 Å². The second kappa shape index (κ2) is 9.84. The highest BCUT2D eigenvalue weighted by Gasteiger charge is 2.15. The molecular weight excluding hydrogens is 409 g/mol. The number of nitrogens with zero attached hydrogens (tertiary/aromatic N) is 2. The average Bonchev–Trinajstić information content (AvgIpc) is 2.75. The summed E-state index contributed by atoms with van der Waals surface area (Å²) < 4.78 is 19.7. The number of hydrogen-bond acceptors (Lipinski definition) is 6. The maximum atomic E-state index is 14.3. The fourth-order valence-electron chi connectivity index (χ4n) is 2.51. The molecular formula is C21H18FN3O4S. The van der Waals surface area contributed by atoms with Gasteiger partial charge in [0.05, 0.1) is 16.4 Å². The van der Waals surface area contributed by atoms with Crippen molar-refractivity contribution in [3.8, 4) is 11.5 Å². The fraction of sp³-hybridized carbons (Fsp3) is 0.143. The van der Waals surface area contributed by atoms with Crippen LogP contribution in [0.5, 0.6) is 11.5 Å². The number of non-ortho nitro benzene ring substituents is 1. The molecule has 3 rings (SSSR count). The van der Waals surface area contributed by atoms with E-state index in [1.165, 1.54) is 42.2 Å². The fourth-order valence-corrected chi connectivity index (χ4v) is 3.40. The normalized spacial score (nSPS) is 11.5. The number of thioether (sulfide) groups is 1. The van der Waals surface area contributed by atoms with E-state index in [-0.39, 0.29) is 23.9 Å². The maximum Gasteiger partial charge on any atom is 0.269 e. The number of ether oxygens (including phenoxy) is 1. The van der Waals surface area contributed by atoms with Crippen LogP contribution in [0.3, 0.4) is 0 Å². The predicted octanol–water partition coefficient (Wildman–Crippen LogP) is 4.72. The SMILES string of the molecule is CC(Sc1ccc([N+](=O)[O-])cc1)C(=O)NCc1ccc(Oc2cccnc2)c(F)c1. The molecule has 9 heteroatoms. The van der Waals surface area contributed by atoms with Crippen LogP contribution in [0.2, 0.25) is 0 Å². The standard InChI is InChI=1S/C21H18FN3O4S/c1-14(30-18-7-5-16(6-8-18)25(27)28)21(26)24-12-15-4-9-20(19(22)11-15)29-17-3-2-10-23-13-17/h2-11,13-14H,12H2,1H3,(H,24,26). The van der Waals surface area contributed by atoms with Crippen LogP contribution < -0.4 is 10.1 Å². The molecule has 0 fully saturated rings. The molecule has 7 nitrogen and oxygen atoms in total. The minimum Gasteiger partial charge on any atom is -0.453 e. The van der Waals surface area contributed by atoms with Crippen molar-refractivity contribution in [2.24, 2.45) is 0 Å². The zero-order chi connectivity index (χ0) is 21.5. The molecule has 1 aromatic heterocycles. The molecule has 3 aromatic rings. The Bertz CT molecular complexity index is 1030. The summed E-state index contributed by atoms with van der Waals surface area (Å²) in [5.74, 6) is -0.275. The van der Waals surface area contributed by atoms with Gasteiger partial charge in [-0.2, -0.15) is 0 Å². The number of hydrogen-bond donors (Lipinski definition) is 1. The number of rotatable bonds is 8. The van der Waals surface area contributed by atoms with Gasteiger partial charge >= 0.3 is 0 Å². The van der Waals surface area contributed by atoms with Gasteiger partial charge in [-0.3, -0.25) is 19.9 Å². The third-order valence-electron chi connectivity index (χ3n) is 4.05. The van der Waals surface area contributed by atoms with E-state index in [9.17, 15) is 19.3 Å². The lowest BCUT2D eigenvalue weighted by molar-refractivity contribution is -0.384. The molecule has 0 saturated carbocycles. The van der Waals surface area contributed by atoms with Crippen molar-refractivity contribution >= 4 is 23.4 Å². The molecule has 1 N–H and O–H groups in total. The zero-order valence-electron chi connectivity index (χ0n) is 15.9. The molecule has 1 heterocycles. The second-order valence-electron chi connectivity index (χ2n) is 6.28. The van der Waals surface area contributed by atoms with E-state index >= 15 is 0 Å². The Morgan fingerprint density at radius 1 is 1.27 bits per heavy atom. The number of nitrogens with one attached hydrogen (secondary N) is 1. The van der Waals surface area contributed by atoms with Gasteiger partial charge in [0.1, 0.15) is 5.75 Å². The lowest BCUT2D eigenvalue weighted by atomic mass is 10.2. The van der Waals surface area contributed by atoms with Crippen molar-refractivity contribution in [3.63, 3.8) is 0 Å². The van der Waals surface area contributed by atoms with Gasteiger partial charge in [-0.25, -0.2) is 4.39 Å². The Hall–Kier alpha value is -3.46. The number of carbonyl (C=O) groups excluding carboxylic acids is 1. The van der Waals surface area contributed by atoms with Gasteiger partial charge < -0.3 is 10.1 Å². The van der Waals surface area contributed by atoms with Crippen molar-refractivity contribution in [3.05, 3.63) is 88.5 Å². The zero-order valence-corrected chi connectivity index (χ0v) is 16.8. The third kappa shape index (κ3) is 5.77. The Morgan fingerprint density at radius 2 is 2.03 bits per heavy atom. The Labute approximate surface area is 176 Å². The lowest BCUT2D eigenvalue weighted by Gasteiger charge is -2.13. The highest BCUT2D eigenvalue weighted by molar-refractivity contribution is 8.00. The summed E-state index contributed by atoms with van der Waals surface area (Å²) in [5, 5.41) is 13.0. The monoisotopic (exact) mass is 427 g/mol. The minimum absolute atomic E-state index is 0.00515. The van der Waals surface area contributed by atoms with Crippen LogP contribution >= 0.6 is 11.8 Å². The van der Waals surface area contributed by atoms with Crippen molar-refractivity contribution in [1.82, 2.24) is 10.3 Å². The Morgan fingerprint density at radius 3 is 2.67 bits per heavy atom. The highest BCUT2D eigenvalue weighted by atomic mass is 32.2. The lowest BCUT2D eigenvalue weighted by Crippen LogP contribution is -2.30. The van der Waals surface area contributed by atoms with E-state index in [4.69, 9.17) is 4.74 Å². The summed E-state index contributed by atoms with van der Waals surface area (Å²) in [5.41, 5.74) is 0.585. The third-order valence-corrected chi connectivity index (χ3v) is 5.17. The number of nitro groups is 1. The smallest absolute Gasteiger partial charge is 0.269 e. The van der Waals surface area contributed by atoms with E-state index in [1.54, 1.807) is 43.5 Å². The summed E-state index contributed by atoms with van der Waals surface area (Å²) >= 11 is 1.28. The molecule has 2 aromatic carbocycles. The summed E-state index contributed by atoms with van der Waals surface area (Å²) in [6.45, 7) is 1.89. The number of halogens is 1.